The van der Waals surface area contributed by atoms with Crippen LogP contribution in [0.2, 0.25) is 0 Å². The highest BCUT2D eigenvalue weighted by Crippen LogP contribution is 2.29. The van der Waals surface area contributed by atoms with Crippen LogP contribution in [0.3, 0.4) is 0 Å². The van der Waals surface area contributed by atoms with Crippen LogP contribution < -0.4 is 10.6 Å². The predicted octanol–water partition coefficient (Wildman–Crippen LogP) is 3.80. The van der Waals surface area contributed by atoms with E-state index < -0.39 is 24.2 Å². The van der Waals surface area contributed by atoms with Crippen molar-refractivity contribution in [2.24, 2.45) is 17.8 Å². The van der Waals surface area contributed by atoms with Crippen LogP contribution in [0.1, 0.15) is 73.6 Å². The van der Waals surface area contributed by atoms with Crippen molar-refractivity contribution in [1.29, 1.82) is 0 Å². The maximum Gasteiger partial charge on any atom is 0.242 e. The average Bonchev–Trinajstić information content (AvgIpc) is 3.52. The summed E-state index contributed by atoms with van der Waals surface area (Å²) in [5.74, 6) is -1.10. The van der Waals surface area contributed by atoms with Crippen molar-refractivity contribution >= 4 is 23.6 Å². The lowest BCUT2D eigenvalue weighted by Gasteiger charge is -2.39. The Balaban J connectivity index is 3.08. The number of amides is 4. The Bertz CT molecular complexity index is 1100. The Hall–Kier alpha value is -3.02. The number of methoxy groups -OCH3 is 2. The van der Waals surface area contributed by atoms with Gasteiger partial charge in [-0.05, 0) is 57.7 Å². The van der Waals surface area contributed by atoms with Crippen molar-refractivity contribution in [1.82, 2.24) is 25.3 Å². The van der Waals surface area contributed by atoms with E-state index in [9.17, 15) is 19.2 Å². The van der Waals surface area contributed by atoms with Gasteiger partial charge < -0.3 is 29.9 Å². The van der Waals surface area contributed by atoms with Gasteiger partial charge in [-0.2, -0.15) is 0 Å². The number of nitrogens with one attached hydrogen (secondary N) is 2. The van der Waals surface area contributed by atoms with Crippen LogP contribution in [0, 0.1) is 17.8 Å². The normalized spacial score (nSPS) is 19.6. The van der Waals surface area contributed by atoms with Crippen LogP contribution in [-0.4, -0.2) is 123 Å². The van der Waals surface area contributed by atoms with Crippen LogP contribution in [0.4, 0.5) is 0 Å². The van der Waals surface area contributed by atoms with Crippen molar-refractivity contribution in [2.45, 2.75) is 110 Å². The molecule has 0 spiro atoms. The third-order valence-corrected chi connectivity index (χ3v) is 9.70. The second-order valence-corrected chi connectivity index (χ2v) is 13.8. The lowest BCUT2D eigenvalue weighted by atomic mass is 9.90. The van der Waals surface area contributed by atoms with Gasteiger partial charge in [0.25, 0.3) is 0 Å². The van der Waals surface area contributed by atoms with E-state index in [4.69, 9.17) is 9.47 Å². The van der Waals surface area contributed by atoms with E-state index in [-0.39, 0.29) is 66.6 Å². The number of carbonyl (C=O) groups is 4. The fourth-order valence-corrected chi connectivity index (χ4v) is 7.00. The van der Waals surface area contributed by atoms with E-state index in [0.29, 0.717) is 13.0 Å². The molecule has 0 aliphatic carbocycles. The van der Waals surface area contributed by atoms with Gasteiger partial charge >= 0.3 is 0 Å². The van der Waals surface area contributed by atoms with Gasteiger partial charge in [-0.1, -0.05) is 72.4 Å². The SMILES string of the molecule is C=C/C=C(\C=C)CC(C)NC(=O)C(C)C(OC)C1CCCN1C(=O)CC(OC)C(C(C)CC)N(C)C(=O)CNC(=O)C(C(C)C)N(C)C. The van der Waals surface area contributed by atoms with E-state index >= 15 is 0 Å². The molecule has 0 bridgehead atoms. The van der Waals surface area contributed by atoms with Crippen LogP contribution in [-0.2, 0) is 28.7 Å². The van der Waals surface area contributed by atoms with E-state index in [2.05, 4.69) is 23.8 Å². The molecule has 1 rings (SSSR count). The molecule has 1 aliphatic rings. The Kier molecular flexibility index (Phi) is 18.9. The summed E-state index contributed by atoms with van der Waals surface area (Å²) in [7, 11) is 8.54. The molecular formula is C37H65N5O6. The molecule has 0 radical (unpaired) electrons. The van der Waals surface area contributed by atoms with Crippen LogP contribution in [0.25, 0.3) is 0 Å². The smallest absolute Gasteiger partial charge is 0.242 e. The molecule has 2 N–H and O–H groups in total. The summed E-state index contributed by atoms with van der Waals surface area (Å²) in [6.07, 6.45) is 7.22. The number of ether oxygens (including phenoxy) is 2. The predicted molar refractivity (Wildman–Crippen MR) is 192 cm³/mol. The van der Waals surface area contributed by atoms with Gasteiger partial charge in [0.15, 0.2) is 0 Å². The molecule has 11 heteroatoms. The lowest BCUT2D eigenvalue weighted by molar-refractivity contribution is -0.146. The van der Waals surface area contributed by atoms with E-state index in [1.807, 2.05) is 71.5 Å². The highest BCUT2D eigenvalue weighted by atomic mass is 16.5. The molecule has 4 amide bonds. The Morgan fingerprint density at radius 3 is 2.12 bits per heavy atom. The second-order valence-electron chi connectivity index (χ2n) is 13.8. The minimum atomic E-state index is -0.575. The second kappa shape index (κ2) is 21.1. The van der Waals surface area contributed by atoms with E-state index in [0.717, 1.165) is 24.8 Å². The molecule has 0 aromatic heterocycles. The molecule has 1 fully saturated rings. The first-order valence-corrected chi connectivity index (χ1v) is 17.4. The number of likely N-dealkylation sites (tertiary alicyclic amines) is 1. The molecular weight excluding hydrogens is 610 g/mol. The number of likely N-dealkylation sites (N-methyl/N-ethyl adjacent to an activating group) is 2. The van der Waals surface area contributed by atoms with Crippen LogP contribution in [0.15, 0.2) is 37.0 Å². The average molecular weight is 676 g/mol. The van der Waals surface area contributed by atoms with E-state index in [1.165, 1.54) is 0 Å². The standard InChI is InChI=1S/C37H65N5O6/c1-14-18-28(16-3)21-26(7)39-36(45)27(8)35(48-13)29-19-17-20-42(29)31(43)22-30(47-12)34(25(6)15-2)41(11)32(44)23-38-37(46)33(24(4)5)40(9)10/h14,16,18,24-27,29-30,33-35H,1,3,15,17,19-23H2,2,4-13H3,(H,38,46)(H,39,45)/b28-18+. The van der Waals surface area contributed by atoms with Gasteiger partial charge in [-0.3, -0.25) is 24.1 Å². The third kappa shape index (κ3) is 12.1. The molecule has 274 valence electrons. The lowest BCUT2D eigenvalue weighted by Crippen LogP contribution is -2.55. The van der Waals surface area contributed by atoms with E-state index in [1.54, 1.807) is 38.3 Å². The largest absolute Gasteiger partial charge is 0.379 e. The summed E-state index contributed by atoms with van der Waals surface area (Å²) in [6, 6.07) is -1.16. The summed E-state index contributed by atoms with van der Waals surface area (Å²) in [5.41, 5.74) is 0.978. The summed E-state index contributed by atoms with van der Waals surface area (Å²) >= 11 is 0. The van der Waals surface area contributed by atoms with Crippen molar-refractivity contribution in [3.8, 4) is 0 Å². The fourth-order valence-electron chi connectivity index (χ4n) is 7.00. The number of carbonyl (C=O) groups excluding carboxylic acids is 4. The first-order chi connectivity index (χ1) is 22.6. The van der Waals surface area contributed by atoms with Crippen LogP contribution in [0.5, 0.6) is 0 Å². The molecule has 0 saturated carbocycles. The zero-order valence-electron chi connectivity index (χ0n) is 31.6. The zero-order valence-corrected chi connectivity index (χ0v) is 31.6. The minimum Gasteiger partial charge on any atom is -0.379 e. The number of allylic oxidation sites excluding steroid dienone is 3. The number of rotatable bonds is 21. The first kappa shape index (κ1) is 43.0. The Morgan fingerprint density at radius 2 is 1.62 bits per heavy atom. The molecule has 1 aliphatic heterocycles. The molecule has 0 aromatic rings. The van der Waals surface area contributed by atoms with Crippen molar-refractivity contribution in [3.63, 3.8) is 0 Å². The first-order valence-electron chi connectivity index (χ1n) is 17.4. The van der Waals surface area contributed by atoms with Crippen LogP contribution >= 0.6 is 0 Å². The monoisotopic (exact) mass is 675 g/mol. The molecule has 48 heavy (non-hydrogen) atoms. The molecule has 11 nitrogen and oxygen atoms in total. The van der Waals surface area contributed by atoms with Crippen molar-refractivity contribution in [2.75, 3.05) is 48.5 Å². The number of hydrogen-bond donors (Lipinski definition) is 2. The molecule has 1 heterocycles. The molecule has 8 atom stereocenters. The fraction of sp³-hybridized carbons (Fsp3) is 0.730. The van der Waals surface area contributed by atoms with Gasteiger partial charge in [-0.15, -0.1) is 0 Å². The Labute approximate surface area is 290 Å². The van der Waals surface area contributed by atoms with Crippen molar-refractivity contribution < 1.29 is 28.7 Å². The molecule has 0 aromatic carbocycles. The van der Waals surface area contributed by atoms with Gasteiger partial charge in [0.2, 0.25) is 23.6 Å². The summed E-state index contributed by atoms with van der Waals surface area (Å²) < 4.78 is 11.8. The molecule has 1 saturated heterocycles. The van der Waals surface area contributed by atoms with Gasteiger partial charge in [0, 0.05) is 33.9 Å². The topological polar surface area (TPSA) is 121 Å². The number of hydrogen-bond acceptors (Lipinski definition) is 7. The maximum atomic E-state index is 14.0. The minimum absolute atomic E-state index is 0.0207. The van der Waals surface area contributed by atoms with Gasteiger partial charge in [0.1, 0.15) is 0 Å². The highest BCUT2D eigenvalue weighted by Gasteiger charge is 2.42. The maximum absolute atomic E-state index is 14.0. The highest BCUT2D eigenvalue weighted by molar-refractivity contribution is 5.87. The Morgan fingerprint density at radius 1 is 0.979 bits per heavy atom. The molecule has 8 unspecified atom stereocenters. The van der Waals surface area contributed by atoms with Crippen molar-refractivity contribution in [3.05, 3.63) is 37.0 Å². The quantitative estimate of drug-likeness (QED) is 0.178. The number of nitrogens with zero attached hydrogens (tertiary/aromatic N) is 3. The summed E-state index contributed by atoms with van der Waals surface area (Å²) in [5, 5.41) is 5.89. The summed E-state index contributed by atoms with van der Waals surface area (Å²) in [6.45, 7) is 19.8. The van der Waals surface area contributed by atoms with Gasteiger partial charge in [-0.25, -0.2) is 0 Å². The zero-order chi connectivity index (χ0) is 36.7. The summed E-state index contributed by atoms with van der Waals surface area (Å²) in [4.78, 5) is 58.9. The third-order valence-electron chi connectivity index (χ3n) is 9.70. The van der Waals surface area contributed by atoms with Gasteiger partial charge in [0.05, 0.1) is 49.2 Å².